The lowest BCUT2D eigenvalue weighted by atomic mass is 10.1. The first-order valence-corrected chi connectivity index (χ1v) is 11.4. The Morgan fingerprint density at radius 1 is 0.926 bits per heavy atom. The Balaban J connectivity index is 1.74. The summed E-state index contributed by atoms with van der Waals surface area (Å²) < 4.78 is 28.3. The average Bonchev–Trinajstić information content (AvgIpc) is 2.65. The molecule has 1 fully saturated rings. The van der Waals surface area contributed by atoms with Crippen molar-refractivity contribution in [3.05, 3.63) is 62.2 Å². The van der Waals surface area contributed by atoms with Crippen LogP contribution in [0.1, 0.15) is 27.0 Å². The first kappa shape index (κ1) is 20.3. The summed E-state index contributed by atoms with van der Waals surface area (Å²) in [6.07, 6.45) is 0. The first-order valence-electron chi connectivity index (χ1n) is 8.83. The molecule has 1 aliphatic heterocycles. The number of nitrogens with zero attached hydrogens (tertiary/aromatic N) is 2. The van der Waals surface area contributed by atoms with E-state index in [9.17, 15) is 13.2 Å². The molecule has 1 amide bonds. The molecule has 1 saturated heterocycles. The van der Waals surface area contributed by atoms with Crippen molar-refractivity contribution in [3.8, 4) is 0 Å². The Bertz CT molecular complexity index is 981. The highest BCUT2D eigenvalue weighted by atomic mass is 127. The molecule has 1 heterocycles. The molecule has 3 rings (SSSR count). The maximum absolute atomic E-state index is 12.9. The topological polar surface area (TPSA) is 57.7 Å². The number of benzene rings is 2. The second-order valence-electron chi connectivity index (χ2n) is 6.88. The number of carbonyl (C=O) groups excluding carboxylic acids is 1. The van der Waals surface area contributed by atoms with E-state index in [0.717, 1.165) is 20.3 Å². The fraction of sp³-hybridized carbons (Fsp3) is 0.350. The zero-order valence-corrected chi connectivity index (χ0v) is 18.7. The second kappa shape index (κ2) is 7.89. The highest BCUT2D eigenvalue weighted by Crippen LogP contribution is 2.22. The molecule has 5 nitrogen and oxygen atoms in total. The van der Waals surface area contributed by atoms with Crippen molar-refractivity contribution in [1.29, 1.82) is 0 Å². The quantitative estimate of drug-likeness (QED) is 0.610. The van der Waals surface area contributed by atoms with E-state index in [1.165, 1.54) is 4.31 Å². The largest absolute Gasteiger partial charge is 0.336 e. The number of sulfonamides is 1. The van der Waals surface area contributed by atoms with Gasteiger partial charge in [-0.2, -0.15) is 4.31 Å². The van der Waals surface area contributed by atoms with Gasteiger partial charge in [0, 0.05) is 29.7 Å². The Morgan fingerprint density at radius 2 is 1.59 bits per heavy atom. The molecule has 0 spiro atoms. The summed E-state index contributed by atoms with van der Waals surface area (Å²) in [6.45, 7) is 7.26. The molecule has 0 atom stereocenters. The van der Waals surface area contributed by atoms with Crippen molar-refractivity contribution in [2.24, 2.45) is 0 Å². The van der Waals surface area contributed by atoms with E-state index in [1.54, 1.807) is 17.0 Å². The Morgan fingerprint density at radius 3 is 2.22 bits per heavy atom. The zero-order chi connectivity index (χ0) is 19.8. The van der Waals surface area contributed by atoms with Gasteiger partial charge in [-0.1, -0.05) is 18.2 Å². The van der Waals surface area contributed by atoms with Crippen LogP contribution in [0.4, 0.5) is 0 Å². The summed E-state index contributed by atoms with van der Waals surface area (Å²) >= 11 is 2.19. The van der Waals surface area contributed by atoms with Crippen LogP contribution in [-0.4, -0.2) is 49.7 Å². The number of aryl methyl sites for hydroxylation is 3. The Hall–Kier alpha value is -1.45. The maximum atomic E-state index is 12.9. The van der Waals surface area contributed by atoms with E-state index in [1.807, 2.05) is 45.0 Å². The summed E-state index contributed by atoms with van der Waals surface area (Å²) in [5.41, 5.74) is 3.77. The molecular formula is C20H23IN2O3S. The lowest BCUT2D eigenvalue weighted by Gasteiger charge is -2.34. The number of hydrogen-bond donors (Lipinski definition) is 0. The van der Waals surface area contributed by atoms with Gasteiger partial charge in [-0.3, -0.25) is 4.79 Å². The number of amides is 1. The molecule has 0 unspecified atom stereocenters. The lowest BCUT2D eigenvalue weighted by Crippen LogP contribution is -2.50. The summed E-state index contributed by atoms with van der Waals surface area (Å²) in [7, 11) is -3.54. The van der Waals surface area contributed by atoms with Gasteiger partial charge in [-0.15, -0.1) is 0 Å². The van der Waals surface area contributed by atoms with E-state index in [4.69, 9.17) is 0 Å². The molecule has 0 bridgehead atoms. The lowest BCUT2D eigenvalue weighted by molar-refractivity contribution is 0.0696. The molecule has 0 saturated carbocycles. The van der Waals surface area contributed by atoms with E-state index >= 15 is 0 Å². The van der Waals surface area contributed by atoms with Crippen LogP contribution >= 0.6 is 22.6 Å². The van der Waals surface area contributed by atoms with Crippen LogP contribution in [0.2, 0.25) is 0 Å². The fourth-order valence-electron chi connectivity index (χ4n) is 3.14. The molecule has 7 heteroatoms. The first-order chi connectivity index (χ1) is 12.7. The normalized spacial score (nSPS) is 15.8. The van der Waals surface area contributed by atoms with Gasteiger partial charge < -0.3 is 4.90 Å². The predicted molar refractivity (Wildman–Crippen MR) is 114 cm³/mol. The van der Waals surface area contributed by atoms with Crippen molar-refractivity contribution in [1.82, 2.24) is 9.21 Å². The molecule has 0 aliphatic carbocycles. The predicted octanol–water partition coefficient (Wildman–Crippen LogP) is 3.36. The molecule has 0 N–H and O–H groups in total. The molecule has 2 aromatic rings. The smallest absolute Gasteiger partial charge is 0.255 e. The molecule has 0 aromatic heterocycles. The van der Waals surface area contributed by atoms with Crippen molar-refractivity contribution in [3.63, 3.8) is 0 Å². The van der Waals surface area contributed by atoms with Crippen molar-refractivity contribution in [2.75, 3.05) is 26.2 Å². The minimum absolute atomic E-state index is 0.0358. The monoisotopic (exact) mass is 498 g/mol. The average molecular weight is 498 g/mol. The summed E-state index contributed by atoms with van der Waals surface area (Å²) in [6, 6.07) is 10.9. The van der Waals surface area contributed by atoms with Gasteiger partial charge in [0.2, 0.25) is 10.0 Å². The van der Waals surface area contributed by atoms with E-state index in [2.05, 4.69) is 22.6 Å². The molecule has 27 heavy (non-hydrogen) atoms. The molecule has 144 valence electrons. The van der Waals surface area contributed by atoms with E-state index in [-0.39, 0.29) is 5.91 Å². The number of hydrogen-bond acceptors (Lipinski definition) is 3. The minimum Gasteiger partial charge on any atom is -0.336 e. The van der Waals surface area contributed by atoms with Crippen molar-refractivity contribution < 1.29 is 13.2 Å². The summed E-state index contributed by atoms with van der Waals surface area (Å²) in [5.74, 6) is -0.0358. The van der Waals surface area contributed by atoms with E-state index in [0.29, 0.717) is 36.6 Å². The van der Waals surface area contributed by atoms with Crippen LogP contribution in [-0.2, 0) is 10.0 Å². The van der Waals surface area contributed by atoms with Crippen LogP contribution < -0.4 is 0 Å². The summed E-state index contributed by atoms with van der Waals surface area (Å²) in [4.78, 5) is 14.9. The highest BCUT2D eigenvalue weighted by molar-refractivity contribution is 14.1. The van der Waals surface area contributed by atoms with Crippen LogP contribution in [0.25, 0.3) is 0 Å². The third-order valence-electron chi connectivity index (χ3n) is 5.06. The van der Waals surface area contributed by atoms with Crippen LogP contribution in [0.15, 0.2) is 41.3 Å². The van der Waals surface area contributed by atoms with E-state index < -0.39 is 10.0 Å². The second-order valence-corrected chi connectivity index (χ2v) is 9.90. The maximum Gasteiger partial charge on any atom is 0.255 e. The summed E-state index contributed by atoms with van der Waals surface area (Å²) in [5, 5.41) is 0. The third-order valence-corrected chi connectivity index (χ3v) is 8.39. The Kier molecular flexibility index (Phi) is 5.93. The van der Waals surface area contributed by atoms with Crippen molar-refractivity contribution in [2.45, 2.75) is 25.7 Å². The van der Waals surface area contributed by atoms with Gasteiger partial charge in [0.05, 0.1) is 10.5 Å². The van der Waals surface area contributed by atoms with Crippen LogP contribution in [0.3, 0.4) is 0 Å². The number of rotatable bonds is 3. The number of halogens is 1. The molecular weight excluding hydrogens is 475 g/mol. The minimum atomic E-state index is -3.54. The molecule has 2 aromatic carbocycles. The fourth-order valence-corrected chi connectivity index (χ4v) is 5.24. The Labute approximate surface area is 174 Å². The van der Waals surface area contributed by atoms with Crippen LogP contribution in [0, 0.1) is 24.3 Å². The number of carbonyl (C=O) groups is 1. The van der Waals surface area contributed by atoms with Crippen molar-refractivity contribution >= 4 is 38.5 Å². The third kappa shape index (κ3) is 4.05. The molecule has 1 aliphatic rings. The van der Waals surface area contributed by atoms with Gasteiger partial charge in [0.1, 0.15) is 0 Å². The van der Waals surface area contributed by atoms with Gasteiger partial charge >= 0.3 is 0 Å². The standard InChI is InChI=1S/C20H23IN2O3S/c1-14-7-8-17(13-16(14)3)27(25,26)23-11-9-22(10-12-23)20(24)18-6-4-5-15(2)19(18)21/h4-8,13H,9-12H2,1-3H3. The van der Waals surface area contributed by atoms with Crippen LogP contribution in [0.5, 0.6) is 0 Å². The zero-order valence-electron chi connectivity index (χ0n) is 15.7. The van der Waals surface area contributed by atoms with Gasteiger partial charge in [-0.05, 0) is 78.3 Å². The van der Waals surface area contributed by atoms with Gasteiger partial charge in [-0.25, -0.2) is 8.42 Å². The van der Waals surface area contributed by atoms with Gasteiger partial charge in [0.15, 0.2) is 0 Å². The number of piperazine rings is 1. The SMILES string of the molecule is Cc1ccc(S(=O)(=O)N2CCN(C(=O)c3cccc(C)c3I)CC2)cc1C. The van der Waals surface area contributed by atoms with Gasteiger partial charge in [0.25, 0.3) is 5.91 Å². The molecule has 0 radical (unpaired) electrons. The highest BCUT2D eigenvalue weighted by Gasteiger charge is 2.31.